The predicted molar refractivity (Wildman–Crippen MR) is 101 cm³/mol. The average Bonchev–Trinajstić information content (AvgIpc) is 2.87. The lowest BCUT2D eigenvalue weighted by atomic mass is 10.1. The van der Waals surface area contributed by atoms with Gasteiger partial charge in [0.15, 0.2) is 17.5 Å². The van der Waals surface area contributed by atoms with E-state index in [1.54, 1.807) is 0 Å². The molecule has 3 rings (SSSR count). The number of rotatable bonds is 4. The number of hydrogen-bond donors (Lipinski definition) is 3. The SMILES string of the molecule is O=C(Nc1cc(F)c(F)c(F)c1)c1ccc(F)c(S(=O)(=O)N2C[C@H](O)CC[C@@H](O)C2)c1. The van der Waals surface area contributed by atoms with Gasteiger partial charge in [-0.1, -0.05) is 0 Å². The predicted octanol–water partition coefficient (Wildman–Crippen LogP) is 2.00. The molecule has 168 valence electrons. The minimum absolute atomic E-state index is 0.156. The molecular weight excluding hydrogens is 444 g/mol. The first-order valence-corrected chi connectivity index (χ1v) is 10.5. The van der Waals surface area contributed by atoms with Gasteiger partial charge in [0.1, 0.15) is 10.7 Å². The number of amides is 1. The van der Waals surface area contributed by atoms with Gasteiger partial charge in [-0.15, -0.1) is 0 Å². The van der Waals surface area contributed by atoms with Gasteiger partial charge in [-0.3, -0.25) is 4.79 Å². The number of anilines is 1. The number of aliphatic hydroxyl groups is 2. The van der Waals surface area contributed by atoms with Gasteiger partial charge >= 0.3 is 0 Å². The standard InChI is InChI=1S/C19H18F4N2O5S/c20-14-4-1-10(19(28)24-11-6-15(21)18(23)16(22)7-11)5-17(14)31(29,30)25-8-12(26)2-3-13(27)9-25/h1,4-7,12-13,26-27H,2-3,8-9H2,(H,24,28)/t12-,13-/m1/s1. The lowest BCUT2D eigenvalue weighted by molar-refractivity contribution is 0.102. The zero-order valence-corrected chi connectivity index (χ0v) is 16.7. The summed E-state index contributed by atoms with van der Waals surface area (Å²) in [4.78, 5) is 11.5. The summed E-state index contributed by atoms with van der Waals surface area (Å²) in [5.41, 5.74) is -0.796. The van der Waals surface area contributed by atoms with E-state index in [4.69, 9.17) is 0 Å². The average molecular weight is 462 g/mol. The van der Waals surface area contributed by atoms with Gasteiger partial charge in [0, 0.05) is 36.5 Å². The Kier molecular flexibility index (Phi) is 6.65. The molecular formula is C19H18F4N2O5S. The third-order valence-electron chi connectivity index (χ3n) is 4.71. The van der Waals surface area contributed by atoms with E-state index >= 15 is 0 Å². The number of sulfonamides is 1. The van der Waals surface area contributed by atoms with Crippen LogP contribution in [0, 0.1) is 23.3 Å². The van der Waals surface area contributed by atoms with Crippen molar-refractivity contribution in [2.45, 2.75) is 29.9 Å². The topological polar surface area (TPSA) is 107 Å². The van der Waals surface area contributed by atoms with Gasteiger partial charge in [0.05, 0.1) is 12.2 Å². The Morgan fingerprint density at radius 1 is 0.935 bits per heavy atom. The maximum Gasteiger partial charge on any atom is 0.255 e. The highest BCUT2D eigenvalue weighted by Gasteiger charge is 2.33. The molecule has 0 unspecified atom stereocenters. The van der Waals surface area contributed by atoms with Crippen molar-refractivity contribution in [1.29, 1.82) is 0 Å². The summed E-state index contributed by atoms with van der Waals surface area (Å²) < 4.78 is 80.6. The minimum Gasteiger partial charge on any atom is -0.392 e. The number of nitrogens with one attached hydrogen (secondary N) is 1. The van der Waals surface area contributed by atoms with Crippen LogP contribution in [0.15, 0.2) is 35.2 Å². The Morgan fingerprint density at radius 3 is 2.03 bits per heavy atom. The molecule has 1 aliphatic rings. The number of carbonyl (C=O) groups is 1. The lowest BCUT2D eigenvalue weighted by Gasteiger charge is -2.23. The second kappa shape index (κ2) is 8.91. The molecule has 0 aliphatic carbocycles. The molecule has 2 aromatic carbocycles. The summed E-state index contributed by atoms with van der Waals surface area (Å²) in [7, 11) is -4.54. The van der Waals surface area contributed by atoms with Gasteiger partial charge in [-0.2, -0.15) is 4.31 Å². The zero-order valence-electron chi connectivity index (χ0n) is 15.9. The first-order chi connectivity index (χ1) is 14.5. The molecule has 1 saturated heterocycles. The number of β-amino-alcohol motifs (C(OH)–C–C–N with tert-alkyl or cyclic N) is 2. The van der Waals surface area contributed by atoms with Gasteiger partial charge < -0.3 is 15.5 Å². The van der Waals surface area contributed by atoms with Crippen LogP contribution < -0.4 is 5.32 Å². The monoisotopic (exact) mass is 462 g/mol. The summed E-state index contributed by atoms with van der Waals surface area (Å²) in [5.74, 6) is -7.02. The second-order valence-electron chi connectivity index (χ2n) is 7.06. The fraction of sp³-hybridized carbons (Fsp3) is 0.316. The van der Waals surface area contributed by atoms with E-state index in [2.05, 4.69) is 5.32 Å². The molecule has 1 fully saturated rings. The number of carbonyl (C=O) groups excluding carboxylic acids is 1. The first kappa shape index (κ1) is 23.1. The summed E-state index contributed by atoms with van der Waals surface area (Å²) in [5, 5.41) is 21.8. The highest BCUT2D eigenvalue weighted by atomic mass is 32.2. The Morgan fingerprint density at radius 2 is 1.48 bits per heavy atom. The smallest absolute Gasteiger partial charge is 0.255 e. The van der Waals surface area contributed by atoms with E-state index in [1.165, 1.54) is 0 Å². The van der Waals surface area contributed by atoms with Crippen molar-refractivity contribution in [1.82, 2.24) is 4.31 Å². The summed E-state index contributed by atoms with van der Waals surface area (Å²) in [6, 6.07) is 3.44. The molecule has 0 bridgehead atoms. The zero-order chi connectivity index (χ0) is 22.9. The molecule has 3 N–H and O–H groups in total. The molecule has 1 amide bonds. The third-order valence-corrected chi connectivity index (χ3v) is 6.56. The van der Waals surface area contributed by atoms with E-state index in [9.17, 15) is 41.0 Å². The molecule has 0 radical (unpaired) electrons. The Hall–Kier alpha value is -2.54. The van der Waals surface area contributed by atoms with Gasteiger partial charge in [-0.25, -0.2) is 26.0 Å². The largest absolute Gasteiger partial charge is 0.392 e. The van der Waals surface area contributed by atoms with Gasteiger partial charge in [-0.05, 0) is 31.0 Å². The molecule has 0 saturated carbocycles. The molecule has 2 atom stereocenters. The van der Waals surface area contributed by atoms with Crippen molar-refractivity contribution in [3.8, 4) is 0 Å². The lowest BCUT2D eigenvalue weighted by Crippen LogP contribution is -2.39. The van der Waals surface area contributed by atoms with E-state index < -0.39 is 62.0 Å². The summed E-state index contributed by atoms with van der Waals surface area (Å²) in [6.07, 6.45) is -1.82. The molecule has 1 heterocycles. The second-order valence-corrected chi connectivity index (χ2v) is 8.97. The van der Waals surface area contributed by atoms with E-state index in [1.807, 2.05) is 0 Å². The third kappa shape index (κ3) is 5.03. The fourth-order valence-corrected chi connectivity index (χ4v) is 4.73. The van der Waals surface area contributed by atoms with Crippen LogP contribution in [-0.4, -0.2) is 54.1 Å². The molecule has 2 aromatic rings. The highest BCUT2D eigenvalue weighted by molar-refractivity contribution is 7.89. The first-order valence-electron chi connectivity index (χ1n) is 9.10. The van der Waals surface area contributed by atoms with Crippen molar-refractivity contribution in [2.75, 3.05) is 18.4 Å². The summed E-state index contributed by atoms with van der Waals surface area (Å²) in [6.45, 7) is -0.743. The van der Waals surface area contributed by atoms with Crippen molar-refractivity contribution in [3.63, 3.8) is 0 Å². The summed E-state index contributed by atoms with van der Waals surface area (Å²) >= 11 is 0. The number of halogens is 4. The maximum absolute atomic E-state index is 14.4. The van der Waals surface area contributed by atoms with Gasteiger partial charge in [0.25, 0.3) is 5.91 Å². The Labute approximate surface area is 175 Å². The van der Waals surface area contributed by atoms with Crippen LogP contribution in [0.5, 0.6) is 0 Å². The van der Waals surface area contributed by atoms with E-state index in [0.717, 1.165) is 22.5 Å². The highest BCUT2D eigenvalue weighted by Crippen LogP contribution is 2.25. The molecule has 0 spiro atoms. The van der Waals surface area contributed by atoms with Crippen molar-refractivity contribution < 1.29 is 41.0 Å². The minimum atomic E-state index is -4.54. The van der Waals surface area contributed by atoms with Crippen LogP contribution in [0.25, 0.3) is 0 Å². The number of nitrogens with zero attached hydrogens (tertiary/aromatic N) is 1. The van der Waals surface area contributed by atoms with Crippen molar-refractivity contribution >= 4 is 21.6 Å². The van der Waals surface area contributed by atoms with Crippen LogP contribution in [-0.2, 0) is 10.0 Å². The van der Waals surface area contributed by atoms with Crippen LogP contribution in [0.2, 0.25) is 0 Å². The molecule has 1 aliphatic heterocycles. The Bertz CT molecular complexity index is 1080. The van der Waals surface area contributed by atoms with Gasteiger partial charge in [0.2, 0.25) is 10.0 Å². The van der Waals surface area contributed by atoms with Crippen LogP contribution in [0.1, 0.15) is 23.2 Å². The normalized spacial score (nSPS) is 20.3. The fourth-order valence-electron chi connectivity index (χ4n) is 3.12. The molecule has 31 heavy (non-hydrogen) atoms. The number of hydrogen-bond acceptors (Lipinski definition) is 5. The molecule has 12 heteroatoms. The maximum atomic E-state index is 14.4. The quantitative estimate of drug-likeness (QED) is 0.476. The Balaban J connectivity index is 1.91. The van der Waals surface area contributed by atoms with E-state index in [0.29, 0.717) is 12.1 Å². The van der Waals surface area contributed by atoms with Crippen LogP contribution in [0.4, 0.5) is 23.2 Å². The van der Waals surface area contributed by atoms with E-state index in [-0.39, 0.29) is 31.5 Å². The van der Waals surface area contributed by atoms with Crippen molar-refractivity contribution in [2.24, 2.45) is 0 Å². The van der Waals surface area contributed by atoms with Crippen LogP contribution >= 0.6 is 0 Å². The molecule has 0 aromatic heterocycles. The molecule has 7 nitrogen and oxygen atoms in total. The number of aliphatic hydroxyl groups excluding tert-OH is 2. The van der Waals surface area contributed by atoms with Crippen molar-refractivity contribution in [3.05, 3.63) is 59.2 Å². The van der Waals surface area contributed by atoms with Crippen LogP contribution in [0.3, 0.4) is 0 Å². The number of benzene rings is 2.